The van der Waals surface area contributed by atoms with Crippen LogP contribution in [0.1, 0.15) is 38.1 Å². The largest absolute Gasteiger partial charge is 0.496 e. The minimum atomic E-state index is 0.107. The highest BCUT2D eigenvalue weighted by molar-refractivity contribution is 5.70. The molecule has 7 nitrogen and oxygen atoms in total. The molecule has 0 spiro atoms. The third kappa shape index (κ3) is 4.22. The number of hydrogen-bond acceptors (Lipinski definition) is 7. The van der Waals surface area contributed by atoms with Gasteiger partial charge >= 0.3 is 0 Å². The van der Waals surface area contributed by atoms with Gasteiger partial charge in [-0.25, -0.2) is 15.0 Å². The number of anilines is 1. The van der Waals surface area contributed by atoms with Crippen LogP contribution in [0, 0.1) is 6.92 Å². The Morgan fingerprint density at radius 1 is 1.19 bits per heavy atom. The minimum absolute atomic E-state index is 0.107. The van der Waals surface area contributed by atoms with Gasteiger partial charge in [0.05, 0.1) is 30.2 Å². The van der Waals surface area contributed by atoms with Crippen LogP contribution in [0.15, 0.2) is 12.3 Å². The summed E-state index contributed by atoms with van der Waals surface area (Å²) in [7, 11) is 5.50. The van der Waals surface area contributed by atoms with E-state index in [1.54, 1.807) is 13.3 Å². The molecule has 0 saturated carbocycles. The number of methoxy groups -OCH3 is 1. The molecule has 26 heavy (non-hydrogen) atoms. The van der Waals surface area contributed by atoms with Gasteiger partial charge in [-0.3, -0.25) is 0 Å². The van der Waals surface area contributed by atoms with Crippen molar-refractivity contribution in [3.63, 3.8) is 0 Å². The highest BCUT2D eigenvalue weighted by Crippen LogP contribution is 2.33. The van der Waals surface area contributed by atoms with E-state index in [-0.39, 0.29) is 12.6 Å². The molecule has 0 radical (unpaired) electrons. The van der Waals surface area contributed by atoms with Crippen molar-refractivity contribution in [3.05, 3.63) is 23.7 Å². The molecule has 2 N–H and O–H groups in total. The van der Waals surface area contributed by atoms with Gasteiger partial charge in [0.25, 0.3) is 0 Å². The van der Waals surface area contributed by atoms with E-state index in [0.717, 1.165) is 29.9 Å². The van der Waals surface area contributed by atoms with Crippen LogP contribution in [-0.4, -0.2) is 42.3 Å². The standard InChI is InChI=1S/C19H29N5O2/c1-7-13(8-2)26-19-15(10-20)23-18(12(3)22-19)14-11-21-17(24(4)5)9-16(14)25-6/h9,11,13H,7-8,10,20H2,1-6H3. The normalized spacial score (nSPS) is 10.9. The maximum Gasteiger partial charge on any atom is 0.237 e. The van der Waals surface area contributed by atoms with Crippen LogP contribution >= 0.6 is 0 Å². The molecule has 2 rings (SSSR count). The number of pyridine rings is 1. The summed E-state index contributed by atoms with van der Waals surface area (Å²) in [4.78, 5) is 15.7. The van der Waals surface area contributed by atoms with Crippen LogP contribution in [0.4, 0.5) is 5.82 Å². The van der Waals surface area contributed by atoms with Gasteiger partial charge in [0.2, 0.25) is 5.88 Å². The van der Waals surface area contributed by atoms with Crippen LogP contribution in [0.5, 0.6) is 11.6 Å². The van der Waals surface area contributed by atoms with Crippen molar-refractivity contribution in [2.45, 2.75) is 46.3 Å². The molecule has 2 heterocycles. The van der Waals surface area contributed by atoms with E-state index >= 15 is 0 Å². The highest BCUT2D eigenvalue weighted by Gasteiger charge is 2.19. The lowest BCUT2D eigenvalue weighted by Crippen LogP contribution is -2.18. The van der Waals surface area contributed by atoms with Crippen molar-refractivity contribution >= 4 is 5.82 Å². The zero-order valence-electron chi connectivity index (χ0n) is 16.5. The summed E-state index contributed by atoms with van der Waals surface area (Å²) in [6.07, 6.45) is 3.68. The maximum absolute atomic E-state index is 6.01. The quantitative estimate of drug-likeness (QED) is 0.775. The lowest BCUT2D eigenvalue weighted by atomic mass is 10.1. The second-order valence-corrected chi connectivity index (χ2v) is 6.31. The molecule has 0 bridgehead atoms. The van der Waals surface area contributed by atoms with Crippen LogP contribution in [0.25, 0.3) is 11.3 Å². The average molecular weight is 359 g/mol. The van der Waals surface area contributed by atoms with E-state index in [9.17, 15) is 0 Å². The fraction of sp³-hybridized carbons (Fsp3) is 0.526. The summed E-state index contributed by atoms with van der Waals surface area (Å²) >= 11 is 0. The maximum atomic E-state index is 6.01. The first-order valence-electron chi connectivity index (χ1n) is 8.91. The molecule has 142 valence electrons. The van der Waals surface area contributed by atoms with E-state index in [4.69, 9.17) is 20.2 Å². The Morgan fingerprint density at radius 3 is 2.42 bits per heavy atom. The SMILES string of the molecule is CCC(CC)Oc1nc(C)c(-c2cnc(N(C)C)cc2OC)nc1CN. The van der Waals surface area contributed by atoms with E-state index in [1.807, 2.05) is 32.0 Å². The molecule has 7 heteroatoms. The van der Waals surface area contributed by atoms with Gasteiger partial charge in [-0.2, -0.15) is 0 Å². The van der Waals surface area contributed by atoms with Crippen molar-refractivity contribution in [2.24, 2.45) is 5.73 Å². The Balaban J connectivity index is 2.51. The molecule has 2 aromatic heterocycles. The fourth-order valence-corrected chi connectivity index (χ4v) is 2.65. The van der Waals surface area contributed by atoms with Gasteiger partial charge in [-0.15, -0.1) is 0 Å². The molecule has 0 unspecified atom stereocenters. The first-order valence-corrected chi connectivity index (χ1v) is 8.91. The first-order chi connectivity index (χ1) is 12.4. The molecule has 0 aliphatic carbocycles. The second kappa shape index (κ2) is 8.80. The minimum Gasteiger partial charge on any atom is -0.496 e. The van der Waals surface area contributed by atoms with E-state index < -0.39 is 0 Å². The van der Waals surface area contributed by atoms with Crippen molar-refractivity contribution in [2.75, 3.05) is 26.1 Å². The summed E-state index contributed by atoms with van der Waals surface area (Å²) in [5, 5.41) is 0. The van der Waals surface area contributed by atoms with Gasteiger partial charge in [0, 0.05) is 32.9 Å². The molecule has 0 fully saturated rings. The summed E-state index contributed by atoms with van der Waals surface area (Å²) in [5.41, 5.74) is 8.78. The summed E-state index contributed by atoms with van der Waals surface area (Å²) in [6.45, 7) is 6.34. The molecule has 0 aromatic carbocycles. The molecule has 0 aliphatic heterocycles. The monoisotopic (exact) mass is 359 g/mol. The lowest BCUT2D eigenvalue weighted by Gasteiger charge is -2.19. The zero-order valence-corrected chi connectivity index (χ0v) is 16.5. The second-order valence-electron chi connectivity index (χ2n) is 6.31. The van der Waals surface area contributed by atoms with Gasteiger partial charge in [-0.1, -0.05) is 13.8 Å². The van der Waals surface area contributed by atoms with Crippen LogP contribution in [0.3, 0.4) is 0 Å². The Kier molecular flexibility index (Phi) is 6.74. The summed E-state index contributed by atoms with van der Waals surface area (Å²) < 4.78 is 11.6. The van der Waals surface area contributed by atoms with Gasteiger partial charge < -0.3 is 20.1 Å². The Morgan fingerprint density at radius 2 is 1.88 bits per heavy atom. The molecular formula is C19H29N5O2. The molecule has 0 saturated heterocycles. The molecule has 0 atom stereocenters. The van der Waals surface area contributed by atoms with E-state index in [1.165, 1.54) is 0 Å². The van der Waals surface area contributed by atoms with Crippen LogP contribution in [-0.2, 0) is 6.54 Å². The van der Waals surface area contributed by atoms with Gasteiger partial charge in [0.15, 0.2) is 0 Å². The third-order valence-corrected chi connectivity index (χ3v) is 4.27. The Labute approximate surface area is 155 Å². The first kappa shape index (κ1) is 19.9. The van der Waals surface area contributed by atoms with E-state index in [2.05, 4.69) is 23.8 Å². The molecule has 0 aliphatic rings. The summed E-state index contributed by atoms with van der Waals surface area (Å²) in [5.74, 6) is 2.01. The van der Waals surface area contributed by atoms with Crippen LogP contribution < -0.4 is 20.1 Å². The lowest BCUT2D eigenvalue weighted by molar-refractivity contribution is 0.181. The van der Waals surface area contributed by atoms with Crippen molar-refractivity contribution in [1.82, 2.24) is 15.0 Å². The average Bonchev–Trinajstić information content (AvgIpc) is 2.65. The fourth-order valence-electron chi connectivity index (χ4n) is 2.65. The number of rotatable bonds is 8. The Bertz CT molecular complexity index is 745. The van der Waals surface area contributed by atoms with Crippen molar-refractivity contribution in [1.29, 1.82) is 0 Å². The number of aromatic nitrogens is 3. The van der Waals surface area contributed by atoms with Crippen LogP contribution in [0.2, 0.25) is 0 Å². The smallest absolute Gasteiger partial charge is 0.237 e. The highest BCUT2D eigenvalue weighted by atomic mass is 16.5. The number of nitrogens with two attached hydrogens (primary N) is 1. The number of nitrogens with zero attached hydrogens (tertiary/aromatic N) is 4. The Hall–Kier alpha value is -2.41. The van der Waals surface area contributed by atoms with Crippen molar-refractivity contribution < 1.29 is 9.47 Å². The topological polar surface area (TPSA) is 86.4 Å². The zero-order chi connectivity index (χ0) is 19.3. The number of hydrogen-bond donors (Lipinski definition) is 1. The molecule has 0 amide bonds. The number of ether oxygens (including phenoxy) is 2. The predicted molar refractivity (Wildman–Crippen MR) is 104 cm³/mol. The molecule has 2 aromatic rings. The number of aryl methyl sites for hydroxylation is 1. The van der Waals surface area contributed by atoms with Gasteiger partial charge in [-0.05, 0) is 19.8 Å². The van der Waals surface area contributed by atoms with E-state index in [0.29, 0.717) is 23.0 Å². The third-order valence-electron chi connectivity index (χ3n) is 4.27. The molecular weight excluding hydrogens is 330 g/mol. The van der Waals surface area contributed by atoms with Gasteiger partial charge in [0.1, 0.15) is 17.3 Å². The summed E-state index contributed by atoms with van der Waals surface area (Å²) in [6, 6.07) is 1.88. The predicted octanol–water partition coefficient (Wildman–Crippen LogP) is 2.95. The van der Waals surface area contributed by atoms with Crippen molar-refractivity contribution in [3.8, 4) is 22.9 Å².